The average molecular weight is 500 g/mol. The molecule has 4 nitrogen and oxygen atoms in total. The van der Waals surface area contributed by atoms with Crippen molar-refractivity contribution in [2.75, 3.05) is 0 Å². The topological polar surface area (TPSA) is 40.5 Å². The predicted octanol–water partition coefficient (Wildman–Crippen LogP) is 7.44. The van der Waals surface area contributed by atoms with Gasteiger partial charge in [-0.1, -0.05) is 78.9 Å². The van der Waals surface area contributed by atoms with E-state index in [1.165, 1.54) is 11.3 Å². The van der Waals surface area contributed by atoms with Gasteiger partial charge in [0.2, 0.25) is 0 Å². The number of fused-ring (bicyclic) bond motifs is 1. The summed E-state index contributed by atoms with van der Waals surface area (Å²) in [4.78, 5) is 12.7. The number of ether oxygens (including phenoxy) is 2. The zero-order valence-electron chi connectivity index (χ0n) is 21.1. The molecule has 0 bridgehead atoms. The summed E-state index contributed by atoms with van der Waals surface area (Å²) in [6.45, 7) is 0.539. The van der Waals surface area contributed by atoms with Crippen LogP contribution in [0.3, 0.4) is 0 Å². The molecule has 188 valence electrons. The van der Waals surface area contributed by atoms with Crippen molar-refractivity contribution in [3.8, 4) is 22.7 Å². The Kier molecular flexibility index (Phi) is 6.77. The fourth-order valence-electron chi connectivity index (χ4n) is 5.14. The van der Waals surface area contributed by atoms with Crippen LogP contribution in [0.1, 0.15) is 33.6 Å². The van der Waals surface area contributed by atoms with Crippen molar-refractivity contribution in [2.45, 2.75) is 32.0 Å². The van der Waals surface area contributed by atoms with Crippen LogP contribution < -0.4 is 4.74 Å². The normalized spacial score (nSPS) is 14.5. The van der Waals surface area contributed by atoms with Gasteiger partial charge in [-0.2, -0.15) is 0 Å². The third-order valence-corrected chi connectivity index (χ3v) is 7.04. The van der Waals surface area contributed by atoms with Crippen LogP contribution in [0.5, 0.6) is 5.75 Å². The molecule has 1 atom stereocenters. The highest BCUT2D eigenvalue weighted by molar-refractivity contribution is 5.89. The number of rotatable bonds is 7. The maximum atomic E-state index is 12.7. The summed E-state index contributed by atoms with van der Waals surface area (Å²) in [5.41, 5.74) is 7.63. The van der Waals surface area contributed by atoms with Crippen molar-refractivity contribution in [3.63, 3.8) is 0 Å². The third-order valence-electron chi connectivity index (χ3n) is 7.04. The second kappa shape index (κ2) is 10.8. The Morgan fingerprint density at radius 1 is 0.789 bits per heavy atom. The molecule has 1 aliphatic carbocycles. The van der Waals surface area contributed by atoms with E-state index in [4.69, 9.17) is 9.47 Å². The minimum absolute atomic E-state index is 0.136. The van der Waals surface area contributed by atoms with Gasteiger partial charge in [-0.15, -0.1) is 0 Å². The van der Waals surface area contributed by atoms with Crippen LogP contribution in [-0.4, -0.2) is 16.6 Å². The molecule has 1 heterocycles. The first-order valence-corrected chi connectivity index (χ1v) is 13.1. The van der Waals surface area contributed by atoms with Crippen LogP contribution in [0.4, 0.5) is 0 Å². The van der Waals surface area contributed by atoms with Gasteiger partial charge in [0.1, 0.15) is 18.5 Å². The van der Waals surface area contributed by atoms with E-state index >= 15 is 0 Å². The molecule has 6 rings (SSSR count). The molecule has 38 heavy (non-hydrogen) atoms. The predicted molar refractivity (Wildman–Crippen MR) is 150 cm³/mol. The maximum Gasteiger partial charge on any atom is 0.338 e. The van der Waals surface area contributed by atoms with Gasteiger partial charge < -0.3 is 14.0 Å². The highest BCUT2D eigenvalue weighted by Gasteiger charge is 2.27. The maximum absolute atomic E-state index is 12.7. The van der Waals surface area contributed by atoms with E-state index < -0.39 is 0 Å². The van der Waals surface area contributed by atoms with Crippen LogP contribution in [0.25, 0.3) is 16.9 Å². The second-order valence-corrected chi connectivity index (χ2v) is 9.61. The molecule has 1 aromatic heterocycles. The van der Waals surface area contributed by atoms with Crippen molar-refractivity contribution in [2.24, 2.45) is 0 Å². The minimum atomic E-state index is -0.257. The number of carbonyl (C=O) groups is 1. The molecular formula is C34H29NO3. The van der Waals surface area contributed by atoms with E-state index in [0.717, 1.165) is 41.1 Å². The van der Waals surface area contributed by atoms with Gasteiger partial charge in [-0.3, -0.25) is 0 Å². The van der Waals surface area contributed by atoms with E-state index in [1.54, 1.807) is 12.1 Å². The summed E-state index contributed by atoms with van der Waals surface area (Å²) in [6.07, 6.45) is 2.20. The van der Waals surface area contributed by atoms with Crippen molar-refractivity contribution in [1.29, 1.82) is 0 Å². The Hall–Kier alpha value is -4.57. The molecule has 0 saturated carbocycles. The molecule has 0 radical (unpaired) electrons. The molecule has 0 fully saturated rings. The molecule has 4 heteroatoms. The number of esters is 1. The second-order valence-electron chi connectivity index (χ2n) is 9.61. The van der Waals surface area contributed by atoms with E-state index in [9.17, 15) is 4.79 Å². The molecule has 0 aliphatic heterocycles. The first kappa shape index (κ1) is 23.8. The Labute approximate surface area is 223 Å². The van der Waals surface area contributed by atoms with Gasteiger partial charge in [-0.05, 0) is 72.0 Å². The zero-order valence-corrected chi connectivity index (χ0v) is 21.1. The summed E-state index contributed by atoms with van der Waals surface area (Å²) in [7, 11) is 0. The fraction of sp³-hybridized carbons (Fsp3) is 0.147. The average Bonchev–Trinajstić information content (AvgIpc) is 3.36. The first-order chi connectivity index (χ1) is 18.7. The Morgan fingerprint density at radius 2 is 1.45 bits per heavy atom. The highest BCUT2D eigenvalue weighted by atomic mass is 16.5. The van der Waals surface area contributed by atoms with Crippen LogP contribution in [0, 0.1) is 0 Å². The van der Waals surface area contributed by atoms with Crippen LogP contribution in [0.15, 0.2) is 121 Å². The lowest BCUT2D eigenvalue weighted by molar-refractivity contribution is 0.0269. The summed E-state index contributed by atoms with van der Waals surface area (Å²) in [5, 5.41) is 0. The third kappa shape index (κ3) is 5.12. The fourth-order valence-corrected chi connectivity index (χ4v) is 5.14. The molecule has 5 aromatic rings. The monoisotopic (exact) mass is 499 g/mol. The molecule has 4 aromatic carbocycles. The molecule has 0 saturated heterocycles. The highest BCUT2D eigenvalue weighted by Crippen LogP contribution is 2.35. The lowest BCUT2D eigenvalue weighted by Crippen LogP contribution is -2.26. The molecule has 0 spiro atoms. The van der Waals surface area contributed by atoms with Crippen molar-refractivity contribution >= 4 is 5.97 Å². The lowest BCUT2D eigenvalue weighted by Gasteiger charge is -2.24. The minimum Gasteiger partial charge on any atom is -0.489 e. The largest absolute Gasteiger partial charge is 0.489 e. The van der Waals surface area contributed by atoms with Crippen molar-refractivity contribution in [1.82, 2.24) is 4.57 Å². The van der Waals surface area contributed by atoms with Gasteiger partial charge in [0.25, 0.3) is 0 Å². The van der Waals surface area contributed by atoms with Gasteiger partial charge in [0.05, 0.1) is 11.3 Å². The standard InChI is InChI=1S/C34H29NO3/c36-34(27-14-8-3-9-15-27)38-31-20-21-32-28(22-31)23-33(26-12-6-2-7-13-26)35(32)29-16-18-30(19-17-29)37-24-25-10-4-1-5-11-25/h1-19,23,31H,20-22,24H2. The summed E-state index contributed by atoms with van der Waals surface area (Å²) >= 11 is 0. The van der Waals surface area contributed by atoms with Crippen molar-refractivity contribution in [3.05, 3.63) is 144 Å². The van der Waals surface area contributed by atoms with Gasteiger partial charge in [0, 0.05) is 17.8 Å². The summed E-state index contributed by atoms with van der Waals surface area (Å²) in [5.74, 6) is 0.584. The van der Waals surface area contributed by atoms with Crippen LogP contribution >= 0.6 is 0 Å². The summed E-state index contributed by atoms with van der Waals surface area (Å²) < 4.78 is 14.3. The number of nitrogens with zero attached hydrogens (tertiary/aromatic N) is 1. The lowest BCUT2D eigenvalue weighted by atomic mass is 9.95. The molecule has 0 N–H and O–H groups in total. The molecule has 1 aliphatic rings. The first-order valence-electron chi connectivity index (χ1n) is 13.1. The molecule has 1 unspecified atom stereocenters. The van der Waals surface area contributed by atoms with E-state index in [1.807, 2.05) is 54.6 Å². The zero-order chi connectivity index (χ0) is 25.7. The SMILES string of the molecule is O=C(OC1CCc2c(cc(-c3ccccc3)n2-c2ccc(OCc3ccccc3)cc2)C1)c1ccccc1. The number of benzene rings is 4. The van der Waals surface area contributed by atoms with E-state index in [2.05, 4.69) is 59.2 Å². The van der Waals surface area contributed by atoms with Gasteiger partial charge in [0.15, 0.2) is 0 Å². The summed E-state index contributed by atoms with van der Waals surface area (Å²) in [6, 6.07) is 40.4. The van der Waals surface area contributed by atoms with E-state index in [0.29, 0.717) is 18.6 Å². The molecular weight excluding hydrogens is 470 g/mol. The Morgan fingerprint density at radius 3 is 2.16 bits per heavy atom. The molecule has 0 amide bonds. The van der Waals surface area contributed by atoms with Gasteiger partial charge >= 0.3 is 5.97 Å². The van der Waals surface area contributed by atoms with Gasteiger partial charge in [-0.25, -0.2) is 4.79 Å². The Balaban J connectivity index is 1.26. The smallest absolute Gasteiger partial charge is 0.338 e. The van der Waals surface area contributed by atoms with Crippen LogP contribution in [0.2, 0.25) is 0 Å². The van der Waals surface area contributed by atoms with E-state index in [-0.39, 0.29) is 12.1 Å². The number of hydrogen-bond acceptors (Lipinski definition) is 3. The van der Waals surface area contributed by atoms with Crippen LogP contribution in [-0.2, 0) is 24.2 Å². The number of carbonyl (C=O) groups excluding carboxylic acids is 1. The number of hydrogen-bond donors (Lipinski definition) is 0. The number of aromatic nitrogens is 1. The Bertz CT molecular complexity index is 1510. The quantitative estimate of drug-likeness (QED) is 0.219. The van der Waals surface area contributed by atoms with Crippen molar-refractivity contribution < 1.29 is 14.3 Å².